The molecule has 0 aliphatic carbocycles. The quantitative estimate of drug-likeness (QED) is 0.569. The molecule has 2 rings (SSSR count). The molecule has 21 heavy (non-hydrogen) atoms. The first-order chi connectivity index (χ1) is 9.88. The van der Waals surface area contributed by atoms with E-state index in [0.29, 0.717) is 10.0 Å². The molecule has 2 aromatic carbocycles. The van der Waals surface area contributed by atoms with Crippen LogP contribution < -0.4 is 5.32 Å². The average Bonchev–Trinajstić information content (AvgIpc) is 2.41. The first-order valence-electron chi connectivity index (χ1n) is 5.67. The number of rotatable bonds is 3. The second-order valence-electron chi connectivity index (χ2n) is 4.07. The van der Waals surface area contributed by atoms with Gasteiger partial charge < -0.3 is 10.4 Å². The molecule has 0 unspecified atom stereocenters. The van der Waals surface area contributed by atoms with Crippen molar-refractivity contribution < 1.29 is 14.7 Å². The zero-order chi connectivity index (χ0) is 15.6. The number of carbonyl (C=O) groups excluding carboxylic acids is 1. The molecular formula is C14H8Br2INO3. The predicted octanol–water partition coefficient (Wildman–Crippen LogP) is 4.77. The molecule has 2 N–H and O–H groups in total. The van der Waals surface area contributed by atoms with Crippen LogP contribution in [-0.4, -0.2) is 17.0 Å². The molecule has 0 heterocycles. The van der Waals surface area contributed by atoms with E-state index in [1.54, 1.807) is 24.3 Å². The van der Waals surface area contributed by atoms with Gasteiger partial charge in [0.1, 0.15) is 0 Å². The van der Waals surface area contributed by atoms with Crippen LogP contribution in [0, 0.1) is 3.57 Å². The lowest BCUT2D eigenvalue weighted by atomic mass is 10.1. The van der Waals surface area contributed by atoms with Crippen molar-refractivity contribution in [3.63, 3.8) is 0 Å². The number of aromatic carboxylic acids is 1. The number of carbonyl (C=O) groups is 2. The highest BCUT2D eigenvalue weighted by Crippen LogP contribution is 2.24. The van der Waals surface area contributed by atoms with Crippen LogP contribution in [0.5, 0.6) is 0 Å². The van der Waals surface area contributed by atoms with E-state index in [-0.39, 0.29) is 17.2 Å². The number of hydrogen-bond donors (Lipinski definition) is 2. The van der Waals surface area contributed by atoms with E-state index in [1.165, 1.54) is 6.07 Å². The van der Waals surface area contributed by atoms with Gasteiger partial charge in [0.2, 0.25) is 0 Å². The minimum Gasteiger partial charge on any atom is -0.478 e. The number of nitrogens with one attached hydrogen (secondary N) is 1. The number of anilines is 1. The van der Waals surface area contributed by atoms with Crippen LogP contribution in [0.4, 0.5) is 5.69 Å². The molecule has 0 bridgehead atoms. The summed E-state index contributed by atoms with van der Waals surface area (Å²) in [4.78, 5) is 23.5. The van der Waals surface area contributed by atoms with Gasteiger partial charge in [-0.3, -0.25) is 4.79 Å². The van der Waals surface area contributed by atoms with Crippen LogP contribution in [0.2, 0.25) is 0 Å². The van der Waals surface area contributed by atoms with Gasteiger partial charge in [-0.2, -0.15) is 0 Å². The summed E-state index contributed by atoms with van der Waals surface area (Å²) in [5.41, 5.74) is 0.760. The van der Waals surface area contributed by atoms with Crippen molar-refractivity contribution in [2.45, 2.75) is 0 Å². The number of hydrogen-bond acceptors (Lipinski definition) is 2. The second kappa shape index (κ2) is 6.89. The van der Waals surface area contributed by atoms with Crippen molar-refractivity contribution in [2.24, 2.45) is 0 Å². The van der Waals surface area contributed by atoms with Gasteiger partial charge in [0, 0.05) is 12.5 Å². The molecule has 0 atom stereocenters. The first-order valence-corrected chi connectivity index (χ1v) is 8.34. The van der Waals surface area contributed by atoms with E-state index in [1.807, 2.05) is 6.07 Å². The molecular weight excluding hydrogens is 517 g/mol. The largest absolute Gasteiger partial charge is 0.478 e. The Balaban J connectivity index is 2.38. The van der Waals surface area contributed by atoms with E-state index in [0.717, 1.165) is 8.04 Å². The van der Waals surface area contributed by atoms with E-state index in [2.05, 4.69) is 59.8 Å². The number of carboxylic acid groups (broad SMARTS) is 1. The summed E-state index contributed by atoms with van der Waals surface area (Å²) in [6, 6.07) is 9.94. The van der Waals surface area contributed by atoms with Crippen molar-refractivity contribution in [1.29, 1.82) is 0 Å². The lowest BCUT2D eigenvalue weighted by Crippen LogP contribution is -2.16. The van der Waals surface area contributed by atoms with Crippen molar-refractivity contribution in [1.82, 2.24) is 0 Å². The lowest BCUT2D eigenvalue weighted by Gasteiger charge is -2.10. The van der Waals surface area contributed by atoms with Gasteiger partial charge >= 0.3 is 5.97 Å². The van der Waals surface area contributed by atoms with Gasteiger partial charge in [-0.15, -0.1) is 0 Å². The van der Waals surface area contributed by atoms with Crippen molar-refractivity contribution >= 4 is 72.0 Å². The molecule has 0 saturated heterocycles. The highest BCUT2D eigenvalue weighted by Gasteiger charge is 2.16. The molecule has 0 aromatic heterocycles. The highest BCUT2D eigenvalue weighted by atomic mass is 127. The Morgan fingerprint density at radius 3 is 2.29 bits per heavy atom. The zero-order valence-electron chi connectivity index (χ0n) is 10.4. The minimum absolute atomic E-state index is 0.0385. The topological polar surface area (TPSA) is 66.4 Å². The summed E-state index contributed by atoms with van der Waals surface area (Å²) >= 11 is 8.64. The molecule has 0 radical (unpaired) electrons. The van der Waals surface area contributed by atoms with Crippen LogP contribution in [-0.2, 0) is 0 Å². The van der Waals surface area contributed by atoms with Gasteiger partial charge in [-0.1, -0.05) is 31.9 Å². The molecule has 2 aromatic rings. The Morgan fingerprint density at radius 1 is 1.00 bits per heavy atom. The molecule has 0 aliphatic heterocycles. The van der Waals surface area contributed by atoms with Crippen LogP contribution >= 0.6 is 54.5 Å². The number of amides is 1. The van der Waals surface area contributed by atoms with Gasteiger partial charge in [-0.25, -0.2) is 4.79 Å². The molecule has 108 valence electrons. The molecule has 0 aliphatic rings. The van der Waals surface area contributed by atoms with Crippen LogP contribution in [0.15, 0.2) is 45.3 Å². The average molecular weight is 525 g/mol. The Kier molecular flexibility index (Phi) is 5.39. The summed E-state index contributed by atoms with van der Waals surface area (Å²) < 4.78 is 2.24. The fourth-order valence-electron chi connectivity index (χ4n) is 1.67. The summed E-state index contributed by atoms with van der Waals surface area (Å²) in [7, 11) is 0. The molecule has 7 heteroatoms. The normalized spacial score (nSPS) is 10.2. The predicted molar refractivity (Wildman–Crippen MR) is 95.9 cm³/mol. The maximum Gasteiger partial charge on any atom is 0.337 e. The fourth-order valence-corrected chi connectivity index (χ4v) is 2.97. The number of carboxylic acids is 1. The second-order valence-corrected chi connectivity index (χ2v) is 7.07. The smallest absolute Gasteiger partial charge is 0.337 e. The van der Waals surface area contributed by atoms with Gasteiger partial charge in [0.05, 0.1) is 16.8 Å². The fraction of sp³-hybridized carbons (Fsp3) is 0. The molecule has 1 amide bonds. The third-order valence-corrected chi connectivity index (χ3v) is 4.56. The monoisotopic (exact) mass is 523 g/mol. The molecule has 4 nitrogen and oxygen atoms in total. The maximum absolute atomic E-state index is 12.3. The van der Waals surface area contributed by atoms with E-state index >= 15 is 0 Å². The third kappa shape index (κ3) is 4.04. The summed E-state index contributed by atoms with van der Waals surface area (Å²) in [5, 5.41) is 11.8. The van der Waals surface area contributed by atoms with E-state index in [9.17, 15) is 9.59 Å². The van der Waals surface area contributed by atoms with Gasteiger partial charge in [0.25, 0.3) is 5.91 Å². The summed E-state index contributed by atoms with van der Waals surface area (Å²) in [6.45, 7) is 0. The maximum atomic E-state index is 12.3. The van der Waals surface area contributed by atoms with Crippen LogP contribution in [0.25, 0.3) is 0 Å². The van der Waals surface area contributed by atoms with Crippen LogP contribution in [0.3, 0.4) is 0 Å². The molecule has 0 spiro atoms. The van der Waals surface area contributed by atoms with Gasteiger partial charge in [-0.05, 0) is 59.0 Å². The van der Waals surface area contributed by atoms with E-state index in [4.69, 9.17) is 5.11 Å². The van der Waals surface area contributed by atoms with E-state index < -0.39 is 5.97 Å². The standard InChI is InChI=1S/C14H8Br2INO3/c15-7-2-4-11(17)10(5-7)13(19)18-12-6-8(16)1-3-9(12)14(20)21/h1-6H,(H,18,19)(H,20,21). The SMILES string of the molecule is O=C(Nc1cc(Br)ccc1C(=O)O)c1cc(Br)ccc1I. The summed E-state index contributed by atoms with van der Waals surface area (Å²) in [6.07, 6.45) is 0. The van der Waals surface area contributed by atoms with Gasteiger partial charge in [0.15, 0.2) is 0 Å². The molecule has 0 saturated carbocycles. The van der Waals surface area contributed by atoms with Crippen LogP contribution in [0.1, 0.15) is 20.7 Å². The third-order valence-electron chi connectivity index (χ3n) is 2.63. The van der Waals surface area contributed by atoms with Crippen molar-refractivity contribution in [3.05, 3.63) is 60.0 Å². The number of halogens is 3. The minimum atomic E-state index is -1.10. The Labute approximate surface area is 151 Å². The number of benzene rings is 2. The zero-order valence-corrected chi connectivity index (χ0v) is 15.7. The lowest BCUT2D eigenvalue weighted by molar-refractivity contribution is 0.0698. The summed E-state index contributed by atoms with van der Waals surface area (Å²) in [5.74, 6) is -1.46. The Bertz CT molecular complexity index is 734. The Hall–Kier alpha value is -0.930. The highest BCUT2D eigenvalue weighted by molar-refractivity contribution is 14.1. The molecule has 0 fully saturated rings. The Morgan fingerprint density at radius 2 is 1.62 bits per heavy atom. The van der Waals surface area contributed by atoms with Crippen molar-refractivity contribution in [2.75, 3.05) is 5.32 Å². The van der Waals surface area contributed by atoms with Crippen molar-refractivity contribution in [3.8, 4) is 0 Å². The first kappa shape index (κ1) is 16.4.